The minimum absolute atomic E-state index is 0.138. The molecule has 1 aromatic rings. The first kappa shape index (κ1) is 16.4. The molecule has 3 rings (SSSR count). The quantitative estimate of drug-likeness (QED) is 0.848. The lowest BCUT2D eigenvalue weighted by Crippen LogP contribution is -2.49. The number of nitrogens with one attached hydrogen (secondary N) is 1. The summed E-state index contributed by atoms with van der Waals surface area (Å²) in [4.78, 5) is 37.7. The van der Waals surface area contributed by atoms with Crippen LogP contribution in [0, 0.1) is 17.7 Å². The van der Waals surface area contributed by atoms with Gasteiger partial charge in [-0.05, 0) is 48.9 Å². The predicted octanol–water partition coefficient (Wildman–Crippen LogP) is 0.668. The number of nitrogens with two attached hydrogens (primary N) is 1. The molecule has 2 fully saturated rings. The topological polar surface area (TPSA) is 92.5 Å². The van der Waals surface area contributed by atoms with Gasteiger partial charge in [0.25, 0.3) is 5.91 Å². The highest BCUT2D eigenvalue weighted by Gasteiger charge is 2.48. The molecule has 1 saturated carbocycles. The fourth-order valence-electron chi connectivity index (χ4n) is 3.89. The van der Waals surface area contributed by atoms with Crippen molar-refractivity contribution in [3.05, 3.63) is 35.6 Å². The lowest BCUT2D eigenvalue weighted by Gasteiger charge is -2.25. The molecule has 3 atom stereocenters. The van der Waals surface area contributed by atoms with Crippen LogP contribution in [0.25, 0.3) is 0 Å². The van der Waals surface area contributed by atoms with Crippen molar-refractivity contribution >= 4 is 17.7 Å². The predicted molar refractivity (Wildman–Crippen MR) is 84.3 cm³/mol. The van der Waals surface area contributed by atoms with E-state index in [1.807, 2.05) is 0 Å². The van der Waals surface area contributed by atoms with E-state index < -0.39 is 23.7 Å². The number of amides is 3. The Morgan fingerprint density at radius 2 is 1.92 bits per heavy atom. The summed E-state index contributed by atoms with van der Waals surface area (Å²) in [6.07, 6.45) is 2.96. The highest BCUT2D eigenvalue weighted by Crippen LogP contribution is 2.41. The average molecular weight is 333 g/mol. The van der Waals surface area contributed by atoms with E-state index in [9.17, 15) is 18.8 Å². The number of nitrogens with zero attached hydrogens (tertiary/aromatic N) is 1. The molecule has 1 heterocycles. The van der Waals surface area contributed by atoms with Gasteiger partial charge in [0.15, 0.2) is 0 Å². The van der Waals surface area contributed by atoms with Crippen LogP contribution in [-0.4, -0.2) is 41.8 Å². The Labute approximate surface area is 139 Å². The molecular formula is C17H20FN3O3. The van der Waals surface area contributed by atoms with Crippen LogP contribution in [0.4, 0.5) is 4.39 Å². The smallest absolute Gasteiger partial charge is 0.251 e. The third-order valence-corrected chi connectivity index (χ3v) is 5.01. The molecule has 0 bridgehead atoms. The molecule has 0 aromatic heterocycles. The van der Waals surface area contributed by atoms with Gasteiger partial charge >= 0.3 is 0 Å². The Balaban J connectivity index is 1.61. The van der Waals surface area contributed by atoms with Crippen LogP contribution in [0.3, 0.4) is 0 Å². The van der Waals surface area contributed by atoms with E-state index in [1.165, 1.54) is 29.2 Å². The van der Waals surface area contributed by atoms with Crippen LogP contribution in [-0.2, 0) is 9.59 Å². The van der Waals surface area contributed by atoms with Crippen LogP contribution >= 0.6 is 0 Å². The fourth-order valence-corrected chi connectivity index (χ4v) is 3.89. The van der Waals surface area contributed by atoms with Crippen molar-refractivity contribution in [2.24, 2.45) is 17.6 Å². The highest BCUT2D eigenvalue weighted by molar-refractivity contribution is 5.97. The molecule has 7 heteroatoms. The van der Waals surface area contributed by atoms with Gasteiger partial charge in [0.2, 0.25) is 11.8 Å². The maximum absolute atomic E-state index is 12.9. The van der Waals surface area contributed by atoms with Gasteiger partial charge in [-0.1, -0.05) is 6.42 Å². The molecule has 3 N–H and O–H groups in total. The monoisotopic (exact) mass is 333 g/mol. The van der Waals surface area contributed by atoms with Crippen molar-refractivity contribution in [1.82, 2.24) is 10.2 Å². The van der Waals surface area contributed by atoms with Gasteiger partial charge in [-0.25, -0.2) is 4.39 Å². The van der Waals surface area contributed by atoms with E-state index in [0.717, 1.165) is 19.3 Å². The second-order valence-corrected chi connectivity index (χ2v) is 6.44. The summed E-state index contributed by atoms with van der Waals surface area (Å²) in [6.45, 7) is 0.308. The summed E-state index contributed by atoms with van der Waals surface area (Å²) in [7, 11) is 0. The van der Waals surface area contributed by atoms with E-state index in [0.29, 0.717) is 12.5 Å². The number of rotatable bonds is 4. The summed E-state index contributed by atoms with van der Waals surface area (Å²) < 4.78 is 12.9. The van der Waals surface area contributed by atoms with Crippen molar-refractivity contribution in [2.45, 2.75) is 25.3 Å². The molecule has 3 unspecified atom stereocenters. The number of fused-ring (bicyclic) bond motifs is 1. The number of hydrogen-bond donors (Lipinski definition) is 2. The van der Waals surface area contributed by atoms with Crippen molar-refractivity contribution in [3.63, 3.8) is 0 Å². The van der Waals surface area contributed by atoms with Gasteiger partial charge in [-0.15, -0.1) is 0 Å². The number of likely N-dealkylation sites (tertiary alicyclic amines) is 1. The van der Waals surface area contributed by atoms with Crippen molar-refractivity contribution in [2.75, 3.05) is 13.1 Å². The lowest BCUT2D eigenvalue weighted by molar-refractivity contribution is -0.137. The first-order chi connectivity index (χ1) is 11.5. The van der Waals surface area contributed by atoms with Crippen LogP contribution in [0.1, 0.15) is 29.6 Å². The molecule has 0 radical (unpaired) electrons. The number of benzene rings is 1. The molecule has 0 spiro atoms. The van der Waals surface area contributed by atoms with Gasteiger partial charge in [-0.2, -0.15) is 0 Å². The molecule has 1 aliphatic carbocycles. The molecule has 1 aromatic carbocycles. The average Bonchev–Trinajstić information content (AvgIpc) is 3.13. The van der Waals surface area contributed by atoms with Crippen LogP contribution in [0.5, 0.6) is 0 Å². The fraction of sp³-hybridized carbons (Fsp3) is 0.471. The SMILES string of the molecule is NC(=O)C1C2CCCC2CN1C(=O)CNC(=O)c1ccc(F)cc1. The maximum atomic E-state index is 12.9. The number of primary amides is 1. The first-order valence-electron chi connectivity index (χ1n) is 8.10. The minimum atomic E-state index is -0.576. The van der Waals surface area contributed by atoms with Gasteiger partial charge in [0.05, 0.1) is 6.54 Å². The zero-order valence-corrected chi connectivity index (χ0v) is 13.2. The molecule has 24 heavy (non-hydrogen) atoms. The third-order valence-electron chi connectivity index (χ3n) is 5.01. The van der Waals surface area contributed by atoms with E-state index in [-0.39, 0.29) is 23.9 Å². The number of carbonyl (C=O) groups excluding carboxylic acids is 3. The Morgan fingerprint density at radius 1 is 1.21 bits per heavy atom. The summed E-state index contributed by atoms with van der Waals surface area (Å²) >= 11 is 0. The van der Waals surface area contributed by atoms with Crippen LogP contribution in [0.2, 0.25) is 0 Å². The van der Waals surface area contributed by atoms with Gasteiger partial charge in [0, 0.05) is 12.1 Å². The van der Waals surface area contributed by atoms with Crippen molar-refractivity contribution < 1.29 is 18.8 Å². The molecule has 128 valence electrons. The Bertz CT molecular complexity index is 662. The highest BCUT2D eigenvalue weighted by atomic mass is 19.1. The molecule has 3 amide bonds. The van der Waals surface area contributed by atoms with Gasteiger partial charge < -0.3 is 16.0 Å². The lowest BCUT2D eigenvalue weighted by atomic mass is 9.94. The van der Waals surface area contributed by atoms with E-state index >= 15 is 0 Å². The number of halogens is 1. The van der Waals surface area contributed by atoms with Crippen LogP contribution in [0.15, 0.2) is 24.3 Å². The van der Waals surface area contributed by atoms with Crippen molar-refractivity contribution in [3.8, 4) is 0 Å². The largest absolute Gasteiger partial charge is 0.368 e. The normalized spacial score (nSPS) is 25.4. The molecule has 6 nitrogen and oxygen atoms in total. The maximum Gasteiger partial charge on any atom is 0.251 e. The summed E-state index contributed by atoms with van der Waals surface area (Å²) in [5.41, 5.74) is 5.76. The van der Waals surface area contributed by atoms with Crippen molar-refractivity contribution in [1.29, 1.82) is 0 Å². The zero-order chi connectivity index (χ0) is 17.3. The Kier molecular flexibility index (Phi) is 4.51. The van der Waals surface area contributed by atoms with Crippen LogP contribution < -0.4 is 11.1 Å². The summed E-state index contributed by atoms with van der Waals surface area (Å²) in [5, 5.41) is 2.52. The van der Waals surface area contributed by atoms with Gasteiger partial charge in [-0.3, -0.25) is 14.4 Å². The second kappa shape index (κ2) is 6.59. The van der Waals surface area contributed by atoms with E-state index in [1.54, 1.807) is 0 Å². The van der Waals surface area contributed by atoms with E-state index in [4.69, 9.17) is 5.73 Å². The number of hydrogen-bond acceptors (Lipinski definition) is 3. The van der Waals surface area contributed by atoms with Gasteiger partial charge in [0.1, 0.15) is 11.9 Å². The molecule has 2 aliphatic rings. The second-order valence-electron chi connectivity index (χ2n) is 6.44. The minimum Gasteiger partial charge on any atom is -0.368 e. The summed E-state index contributed by atoms with van der Waals surface area (Å²) in [5.74, 6) is -1.24. The third kappa shape index (κ3) is 3.11. The molecular weight excluding hydrogens is 313 g/mol. The standard InChI is InChI=1S/C17H20FN3O3/c18-12-6-4-10(5-7-12)17(24)20-8-14(22)21-9-11-2-1-3-13(11)15(21)16(19)23/h4-7,11,13,15H,1-3,8-9H2,(H2,19,23)(H,20,24). The number of carbonyl (C=O) groups is 3. The first-order valence-corrected chi connectivity index (χ1v) is 8.10. The Hall–Kier alpha value is -2.44. The molecule has 1 aliphatic heterocycles. The molecule has 1 saturated heterocycles. The Morgan fingerprint density at radius 3 is 2.58 bits per heavy atom. The zero-order valence-electron chi connectivity index (χ0n) is 13.2. The van der Waals surface area contributed by atoms with E-state index in [2.05, 4.69) is 5.32 Å². The summed E-state index contributed by atoms with van der Waals surface area (Å²) in [6, 6.07) is 4.49.